The van der Waals surface area contributed by atoms with Crippen molar-refractivity contribution < 1.29 is 27.6 Å². The number of nitrogens with zero attached hydrogens (tertiary/aromatic N) is 2. The molecule has 0 atom stereocenters. The van der Waals surface area contributed by atoms with E-state index in [-0.39, 0.29) is 24.9 Å². The third kappa shape index (κ3) is 5.36. The summed E-state index contributed by atoms with van der Waals surface area (Å²) in [6, 6.07) is 17.3. The molecule has 0 N–H and O–H groups in total. The van der Waals surface area contributed by atoms with E-state index in [9.17, 15) is 23.3 Å². The third-order valence-electron chi connectivity index (χ3n) is 4.99. The summed E-state index contributed by atoms with van der Waals surface area (Å²) in [4.78, 5) is 21.6. The van der Waals surface area contributed by atoms with Gasteiger partial charge in [-0.25, -0.2) is 8.42 Å². The summed E-state index contributed by atoms with van der Waals surface area (Å²) in [6.45, 7) is -0.109. The maximum absolute atomic E-state index is 13.6. The molecule has 0 bridgehead atoms. The molecule has 0 heterocycles. The Hall–Kier alpha value is -3.76. The average molecular weight is 471 g/mol. The van der Waals surface area contributed by atoms with Crippen LogP contribution in [0.1, 0.15) is 21.5 Å². The summed E-state index contributed by atoms with van der Waals surface area (Å²) in [7, 11) is -1.32. The van der Waals surface area contributed by atoms with Crippen molar-refractivity contribution in [1.82, 2.24) is 4.31 Å². The van der Waals surface area contributed by atoms with Gasteiger partial charge in [0, 0.05) is 13.1 Å². The van der Waals surface area contributed by atoms with Gasteiger partial charge in [0.1, 0.15) is 11.5 Å². The van der Waals surface area contributed by atoms with Gasteiger partial charge in [0.25, 0.3) is 15.7 Å². The zero-order valence-corrected chi connectivity index (χ0v) is 18.8. The van der Waals surface area contributed by atoms with Crippen LogP contribution in [-0.2, 0) is 23.1 Å². The van der Waals surface area contributed by atoms with Crippen molar-refractivity contribution in [2.45, 2.75) is 18.0 Å². The molecule has 0 aliphatic rings. The van der Waals surface area contributed by atoms with Gasteiger partial charge in [-0.2, -0.15) is 4.31 Å². The maximum atomic E-state index is 13.6. The predicted octanol–water partition coefficient (Wildman–Crippen LogP) is 3.82. The van der Waals surface area contributed by atoms with E-state index >= 15 is 0 Å². The Morgan fingerprint density at radius 1 is 0.879 bits per heavy atom. The number of rotatable bonds is 10. The van der Waals surface area contributed by atoms with Crippen molar-refractivity contribution >= 4 is 22.0 Å². The number of ether oxygens (including phenoxy) is 2. The van der Waals surface area contributed by atoms with Gasteiger partial charge in [0.05, 0.1) is 24.7 Å². The van der Waals surface area contributed by atoms with Crippen LogP contribution in [0.5, 0.6) is 11.5 Å². The number of methoxy groups -OCH3 is 2. The van der Waals surface area contributed by atoms with E-state index in [0.29, 0.717) is 22.6 Å². The Bertz CT molecular complexity index is 1190. The van der Waals surface area contributed by atoms with E-state index < -0.39 is 25.5 Å². The lowest BCUT2D eigenvalue weighted by Gasteiger charge is -2.23. The van der Waals surface area contributed by atoms with Gasteiger partial charge in [0.15, 0.2) is 11.2 Å². The molecule has 0 fully saturated rings. The summed E-state index contributed by atoms with van der Waals surface area (Å²) in [5.74, 6) is 1.22. The van der Waals surface area contributed by atoms with Crippen LogP contribution in [0.4, 0.5) is 5.69 Å². The van der Waals surface area contributed by atoms with Crippen LogP contribution in [0.2, 0.25) is 0 Å². The normalized spacial score (nSPS) is 11.2. The zero-order valence-electron chi connectivity index (χ0n) is 18.0. The molecular weight excluding hydrogens is 448 g/mol. The highest BCUT2D eigenvalue weighted by Crippen LogP contribution is 2.31. The minimum absolute atomic E-state index is 0.0547. The number of aldehydes is 1. The van der Waals surface area contributed by atoms with Gasteiger partial charge < -0.3 is 9.47 Å². The summed E-state index contributed by atoms with van der Waals surface area (Å²) in [5, 5.41) is 11.7. The van der Waals surface area contributed by atoms with Gasteiger partial charge in [0.2, 0.25) is 0 Å². The molecule has 10 heteroatoms. The van der Waals surface area contributed by atoms with Gasteiger partial charge in [-0.15, -0.1) is 0 Å². The standard InChI is InChI=1S/C23H22N2O7S/c1-31-20-10-6-17(7-11-20)14-24(15-18-8-12-21(32-2)13-9-18)33(29,30)22-5-3-4-19(16-26)23(22)25(27)28/h3-13,16H,14-15H2,1-2H3. The molecule has 0 unspecified atom stereocenters. The topological polar surface area (TPSA) is 116 Å². The van der Waals surface area contributed by atoms with Gasteiger partial charge in [-0.1, -0.05) is 30.3 Å². The Labute approximate surface area is 191 Å². The quantitative estimate of drug-likeness (QED) is 0.251. The van der Waals surface area contributed by atoms with E-state index in [1.807, 2.05) is 0 Å². The lowest BCUT2D eigenvalue weighted by atomic mass is 10.2. The van der Waals surface area contributed by atoms with Gasteiger partial charge >= 0.3 is 0 Å². The largest absolute Gasteiger partial charge is 0.497 e. The zero-order chi connectivity index (χ0) is 24.0. The van der Waals surface area contributed by atoms with Crippen LogP contribution < -0.4 is 9.47 Å². The van der Waals surface area contributed by atoms with Crippen LogP contribution in [0.15, 0.2) is 71.6 Å². The average Bonchev–Trinajstić information content (AvgIpc) is 2.83. The molecule has 3 aromatic carbocycles. The molecule has 0 aliphatic carbocycles. The Morgan fingerprint density at radius 2 is 1.36 bits per heavy atom. The van der Waals surface area contributed by atoms with E-state index in [1.54, 1.807) is 48.5 Å². The molecule has 0 aliphatic heterocycles. The Kier molecular flexibility index (Phi) is 7.41. The highest BCUT2D eigenvalue weighted by molar-refractivity contribution is 7.89. The first-order chi connectivity index (χ1) is 15.8. The molecule has 0 saturated heterocycles. The third-order valence-corrected chi connectivity index (χ3v) is 6.82. The Balaban J connectivity index is 2.08. The first-order valence-corrected chi connectivity index (χ1v) is 11.2. The molecule has 9 nitrogen and oxygen atoms in total. The Morgan fingerprint density at radius 3 is 1.76 bits per heavy atom. The summed E-state index contributed by atoms with van der Waals surface area (Å²) in [5.41, 5.74) is 0.251. The number of hydrogen-bond donors (Lipinski definition) is 0. The molecule has 0 amide bonds. The molecule has 172 valence electrons. The monoisotopic (exact) mass is 470 g/mol. The second-order valence-corrected chi connectivity index (χ2v) is 8.94. The van der Waals surface area contributed by atoms with Crippen LogP contribution >= 0.6 is 0 Å². The van der Waals surface area contributed by atoms with E-state index in [0.717, 1.165) is 10.4 Å². The number of carbonyl (C=O) groups is 1. The molecule has 0 aromatic heterocycles. The molecule has 3 rings (SSSR count). The number of sulfonamides is 1. The van der Waals surface area contributed by atoms with Gasteiger partial charge in [-0.3, -0.25) is 14.9 Å². The van der Waals surface area contributed by atoms with E-state index in [1.165, 1.54) is 26.4 Å². The lowest BCUT2D eigenvalue weighted by molar-refractivity contribution is -0.388. The fraction of sp³-hybridized carbons (Fsp3) is 0.174. The molecule has 0 saturated carbocycles. The van der Waals surface area contributed by atoms with Crippen molar-refractivity contribution in [1.29, 1.82) is 0 Å². The van der Waals surface area contributed by atoms with E-state index in [2.05, 4.69) is 0 Å². The molecule has 3 aromatic rings. The summed E-state index contributed by atoms with van der Waals surface area (Å²) >= 11 is 0. The van der Waals surface area contributed by atoms with Crippen molar-refractivity contribution in [2.75, 3.05) is 14.2 Å². The number of nitro groups is 1. The smallest absolute Gasteiger partial charge is 0.299 e. The fourth-order valence-electron chi connectivity index (χ4n) is 3.27. The number of hydrogen-bond acceptors (Lipinski definition) is 7. The molecule has 0 radical (unpaired) electrons. The van der Waals surface area contributed by atoms with Crippen LogP contribution in [0.3, 0.4) is 0 Å². The highest BCUT2D eigenvalue weighted by Gasteiger charge is 2.34. The first-order valence-electron chi connectivity index (χ1n) is 9.78. The van der Waals surface area contributed by atoms with Crippen LogP contribution in [0, 0.1) is 10.1 Å². The van der Waals surface area contributed by atoms with Crippen molar-refractivity contribution in [2.24, 2.45) is 0 Å². The van der Waals surface area contributed by atoms with Crippen molar-refractivity contribution in [3.8, 4) is 11.5 Å². The van der Waals surface area contributed by atoms with Crippen molar-refractivity contribution in [3.05, 3.63) is 93.5 Å². The maximum Gasteiger partial charge on any atom is 0.299 e. The minimum Gasteiger partial charge on any atom is -0.497 e. The molecule has 0 spiro atoms. The summed E-state index contributed by atoms with van der Waals surface area (Å²) < 4.78 is 38.7. The van der Waals surface area contributed by atoms with Crippen molar-refractivity contribution in [3.63, 3.8) is 0 Å². The predicted molar refractivity (Wildman–Crippen MR) is 121 cm³/mol. The van der Waals surface area contributed by atoms with Crippen LogP contribution in [0.25, 0.3) is 0 Å². The first kappa shape index (κ1) is 23.9. The number of para-hydroxylation sites is 1. The van der Waals surface area contributed by atoms with E-state index in [4.69, 9.17) is 9.47 Å². The number of nitro benzene ring substituents is 1. The SMILES string of the molecule is COc1ccc(CN(Cc2ccc(OC)cc2)S(=O)(=O)c2cccc(C=O)c2[N+](=O)[O-])cc1. The summed E-state index contributed by atoms with van der Waals surface area (Å²) in [6.07, 6.45) is 0.272. The fourth-order valence-corrected chi connectivity index (χ4v) is 4.88. The number of benzene rings is 3. The molecule has 33 heavy (non-hydrogen) atoms. The minimum atomic E-state index is -4.37. The second kappa shape index (κ2) is 10.2. The molecular formula is C23H22N2O7S. The second-order valence-electron chi connectivity index (χ2n) is 7.04. The number of carbonyl (C=O) groups excluding carboxylic acids is 1. The highest BCUT2D eigenvalue weighted by atomic mass is 32.2. The lowest BCUT2D eigenvalue weighted by Crippen LogP contribution is -2.31. The van der Waals surface area contributed by atoms with Gasteiger partial charge in [-0.05, 0) is 47.5 Å². The van der Waals surface area contributed by atoms with Crippen LogP contribution in [-0.4, -0.2) is 38.2 Å².